The molecule has 0 aliphatic carbocycles. The van der Waals surface area contributed by atoms with Gasteiger partial charge in [0.25, 0.3) is 0 Å². The smallest absolute Gasteiger partial charge is 0.167 e. The molecule has 2 aromatic heterocycles. The Morgan fingerprint density at radius 3 is 2.79 bits per heavy atom. The monoisotopic (exact) mass is 384 g/mol. The molecule has 2 heterocycles. The summed E-state index contributed by atoms with van der Waals surface area (Å²) in [5.74, 6) is 0.695. The number of ketones is 1. The van der Waals surface area contributed by atoms with Gasteiger partial charge in [-0.05, 0) is 43.5 Å². The summed E-state index contributed by atoms with van der Waals surface area (Å²) in [7, 11) is 0. The van der Waals surface area contributed by atoms with E-state index in [1.54, 1.807) is 12.3 Å². The third kappa shape index (κ3) is 5.09. The Balaban J connectivity index is 1.59. The number of nitrogens with one attached hydrogen (secondary N) is 1. The molecular weight excluding hydrogens is 359 g/mol. The number of halogens is 1. The molecule has 0 amide bonds. The van der Waals surface area contributed by atoms with Gasteiger partial charge in [0, 0.05) is 41.7 Å². The fourth-order valence-electron chi connectivity index (χ4n) is 3.00. The maximum atomic E-state index is 14.3. The maximum absolute atomic E-state index is 14.3. The fourth-order valence-corrected chi connectivity index (χ4v) is 3.00. The van der Waals surface area contributed by atoms with Crippen molar-refractivity contribution in [2.24, 2.45) is 0 Å². The van der Waals surface area contributed by atoms with E-state index in [0.29, 0.717) is 25.2 Å². The molecule has 0 bridgehead atoms. The van der Waals surface area contributed by atoms with E-state index in [2.05, 4.69) is 9.97 Å². The van der Waals surface area contributed by atoms with Crippen LogP contribution in [-0.4, -0.2) is 29.0 Å². The van der Waals surface area contributed by atoms with Crippen LogP contribution < -0.4 is 9.47 Å². The van der Waals surface area contributed by atoms with Gasteiger partial charge in [0.2, 0.25) is 0 Å². The van der Waals surface area contributed by atoms with E-state index in [-0.39, 0.29) is 18.1 Å². The minimum Gasteiger partial charge on any atom is -0.488 e. The molecule has 0 radical (unpaired) electrons. The van der Waals surface area contributed by atoms with Crippen LogP contribution in [0.4, 0.5) is 4.39 Å². The van der Waals surface area contributed by atoms with Crippen LogP contribution in [0.2, 0.25) is 0 Å². The van der Waals surface area contributed by atoms with Crippen LogP contribution in [0.5, 0.6) is 11.5 Å². The van der Waals surface area contributed by atoms with Crippen LogP contribution in [0.15, 0.2) is 36.7 Å². The van der Waals surface area contributed by atoms with E-state index < -0.39 is 5.82 Å². The van der Waals surface area contributed by atoms with Gasteiger partial charge >= 0.3 is 0 Å². The van der Waals surface area contributed by atoms with Crippen LogP contribution in [0.25, 0.3) is 10.9 Å². The number of carbonyl (C=O) groups excluding carboxylic acids is 1. The summed E-state index contributed by atoms with van der Waals surface area (Å²) in [5, 5.41) is 0.920. The topological polar surface area (TPSA) is 64.2 Å². The standard InChI is InChI=1S/C22H25FN2O3/c1-3-17(26)6-4-5-16-13-25-21-12-20(23)22(11-19(16)21)28-10-9-27-18-8-7-15(2)24-14-18/h7-8,11-14,25H,3-6,9-10H2,1-2H3. The molecule has 3 rings (SSSR count). The second-order valence-electron chi connectivity index (χ2n) is 6.72. The summed E-state index contributed by atoms with van der Waals surface area (Å²) in [5.41, 5.74) is 2.70. The van der Waals surface area contributed by atoms with E-state index in [4.69, 9.17) is 9.47 Å². The van der Waals surface area contributed by atoms with Gasteiger partial charge in [-0.1, -0.05) is 6.92 Å². The van der Waals surface area contributed by atoms with Gasteiger partial charge in [0.15, 0.2) is 11.6 Å². The van der Waals surface area contributed by atoms with Crippen LogP contribution >= 0.6 is 0 Å². The Kier molecular flexibility index (Phi) is 6.63. The van der Waals surface area contributed by atoms with Crippen molar-refractivity contribution in [2.45, 2.75) is 39.5 Å². The van der Waals surface area contributed by atoms with Gasteiger partial charge < -0.3 is 14.5 Å². The zero-order valence-electron chi connectivity index (χ0n) is 16.3. The number of aromatic amines is 1. The molecule has 1 N–H and O–H groups in total. The van der Waals surface area contributed by atoms with Gasteiger partial charge in [0.1, 0.15) is 24.7 Å². The molecule has 0 aliphatic heterocycles. The summed E-state index contributed by atoms with van der Waals surface area (Å²) in [6.07, 6.45) is 6.21. The van der Waals surface area contributed by atoms with Crippen LogP contribution in [0.3, 0.4) is 0 Å². The first-order chi connectivity index (χ1) is 13.6. The van der Waals surface area contributed by atoms with E-state index in [1.165, 1.54) is 6.07 Å². The largest absolute Gasteiger partial charge is 0.488 e. The maximum Gasteiger partial charge on any atom is 0.167 e. The third-order valence-electron chi connectivity index (χ3n) is 4.61. The highest BCUT2D eigenvalue weighted by molar-refractivity contribution is 5.85. The summed E-state index contributed by atoms with van der Waals surface area (Å²) in [6.45, 7) is 4.30. The minimum absolute atomic E-state index is 0.198. The third-order valence-corrected chi connectivity index (χ3v) is 4.61. The van der Waals surface area contributed by atoms with Crippen molar-refractivity contribution in [3.63, 3.8) is 0 Å². The average Bonchev–Trinajstić information content (AvgIpc) is 3.08. The van der Waals surface area contributed by atoms with Gasteiger partial charge in [-0.2, -0.15) is 0 Å². The number of nitrogens with zero attached hydrogens (tertiary/aromatic N) is 1. The lowest BCUT2D eigenvalue weighted by Crippen LogP contribution is -2.10. The molecular formula is C22H25FN2O3. The second kappa shape index (κ2) is 9.35. The predicted molar refractivity (Wildman–Crippen MR) is 106 cm³/mol. The molecule has 0 aliphatic rings. The summed E-state index contributed by atoms with van der Waals surface area (Å²) < 4.78 is 25.4. The first-order valence-electron chi connectivity index (χ1n) is 9.56. The number of rotatable bonds is 10. The molecule has 5 nitrogen and oxygen atoms in total. The number of benzene rings is 1. The minimum atomic E-state index is -0.418. The quantitative estimate of drug-likeness (QED) is 0.512. The van der Waals surface area contributed by atoms with Gasteiger partial charge in [-0.15, -0.1) is 0 Å². The number of hydrogen-bond acceptors (Lipinski definition) is 4. The molecule has 0 fully saturated rings. The van der Waals surface area contributed by atoms with Gasteiger partial charge in [-0.3, -0.25) is 9.78 Å². The van der Waals surface area contributed by atoms with Crippen molar-refractivity contribution in [1.82, 2.24) is 9.97 Å². The molecule has 148 valence electrons. The van der Waals surface area contributed by atoms with E-state index in [0.717, 1.165) is 35.0 Å². The lowest BCUT2D eigenvalue weighted by Gasteiger charge is -2.10. The molecule has 28 heavy (non-hydrogen) atoms. The fraction of sp³-hybridized carbons (Fsp3) is 0.364. The van der Waals surface area contributed by atoms with Crippen molar-refractivity contribution < 1.29 is 18.7 Å². The molecule has 0 saturated carbocycles. The average molecular weight is 384 g/mol. The molecule has 1 aromatic carbocycles. The number of aromatic nitrogens is 2. The highest BCUT2D eigenvalue weighted by Gasteiger charge is 2.11. The summed E-state index contributed by atoms with van der Waals surface area (Å²) in [6, 6.07) is 6.86. The van der Waals surface area contributed by atoms with Crippen LogP contribution in [0.1, 0.15) is 37.4 Å². The summed E-state index contributed by atoms with van der Waals surface area (Å²) in [4.78, 5) is 18.7. The molecule has 0 atom stereocenters. The Morgan fingerprint density at radius 1 is 1.21 bits per heavy atom. The van der Waals surface area contributed by atoms with Crippen molar-refractivity contribution in [2.75, 3.05) is 13.2 Å². The second-order valence-corrected chi connectivity index (χ2v) is 6.72. The Labute approximate surface area is 163 Å². The number of H-pyrrole nitrogens is 1. The molecule has 0 saturated heterocycles. The van der Waals surface area contributed by atoms with Crippen LogP contribution in [0, 0.1) is 12.7 Å². The Morgan fingerprint density at radius 2 is 2.04 bits per heavy atom. The Hall–Kier alpha value is -2.89. The van der Waals surface area contributed by atoms with Crippen molar-refractivity contribution >= 4 is 16.7 Å². The lowest BCUT2D eigenvalue weighted by molar-refractivity contribution is -0.118. The zero-order valence-corrected chi connectivity index (χ0v) is 16.3. The number of carbonyl (C=O) groups is 1. The number of aryl methyl sites for hydroxylation is 2. The number of pyridine rings is 1. The molecule has 0 unspecified atom stereocenters. The number of Topliss-reactive ketones (excluding diaryl/α,β-unsaturated/α-hetero) is 1. The van der Waals surface area contributed by atoms with Gasteiger partial charge in [-0.25, -0.2) is 4.39 Å². The number of fused-ring (bicyclic) bond motifs is 1. The van der Waals surface area contributed by atoms with E-state index in [1.807, 2.05) is 32.2 Å². The first-order valence-corrected chi connectivity index (χ1v) is 9.56. The predicted octanol–water partition coefficient (Wildman–Crippen LogP) is 4.77. The number of hydrogen-bond donors (Lipinski definition) is 1. The van der Waals surface area contributed by atoms with Crippen molar-refractivity contribution in [3.05, 3.63) is 53.7 Å². The molecule has 3 aromatic rings. The highest BCUT2D eigenvalue weighted by atomic mass is 19.1. The van der Waals surface area contributed by atoms with Gasteiger partial charge in [0.05, 0.1) is 6.20 Å². The zero-order chi connectivity index (χ0) is 19.9. The molecule has 6 heteroatoms. The molecule has 0 spiro atoms. The normalized spacial score (nSPS) is 11.0. The lowest BCUT2D eigenvalue weighted by atomic mass is 10.0. The highest BCUT2D eigenvalue weighted by Crippen LogP contribution is 2.28. The van der Waals surface area contributed by atoms with Crippen molar-refractivity contribution in [1.29, 1.82) is 0 Å². The first kappa shape index (κ1) is 19.9. The summed E-state index contributed by atoms with van der Waals surface area (Å²) >= 11 is 0. The van der Waals surface area contributed by atoms with Crippen molar-refractivity contribution in [3.8, 4) is 11.5 Å². The number of ether oxygens (including phenoxy) is 2. The van der Waals surface area contributed by atoms with E-state index in [9.17, 15) is 9.18 Å². The Bertz CT molecular complexity index is 935. The van der Waals surface area contributed by atoms with E-state index >= 15 is 0 Å². The van der Waals surface area contributed by atoms with Crippen LogP contribution in [-0.2, 0) is 11.2 Å². The SMILES string of the molecule is CCC(=O)CCCc1c[nH]c2cc(F)c(OCCOc3ccc(C)nc3)cc12.